The fraction of sp³-hybridized carbons (Fsp3) is 1.00. The van der Waals surface area contributed by atoms with Crippen LogP contribution in [0.1, 0.15) is 46.5 Å². The van der Waals surface area contributed by atoms with E-state index in [0.29, 0.717) is 6.04 Å². The van der Waals surface area contributed by atoms with Crippen molar-refractivity contribution < 1.29 is 0 Å². The van der Waals surface area contributed by atoms with Crippen LogP contribution in [0.25, 0.3) is 0 Å². The minimum Gasteiger partial charge on any atom is -0.314 e. The van der Waals surface area contributed by atoms with Crippen LogP contribution in [0.2, 0.25) is 0 Å². The van der Waals surface area contributed by atoms with Crippen molar-refractivity contribution in [2.45, 2.75) is 52.5 Å². The van der Waals surface area contributed by atoms with Crippen molar-refractivity contribution in [2.75, 3.05) is 26.2 Å². The monoisotopic (exact) mass is 212 g/mol. The van der Waals surface area contributed by atoms with Crippen LogP contribution in [0.15, 0.2) is 0 Å². The second kappa shape index (κ2) is 7.24. The molecule has 1 N–H and O–H groups in total. The van der Waals surface area contributed by atoms with Gasteiger partial charge in [-0.25, -0.2) is 0 Å². The average molecular weight is 212 g/mol. The molecule has 1 aliphatic rings. The third-order valence-corrected chi connectivity index (χ3v) is 3.28. The van der Waals surface area contributed by atoms with Crippen molar-refractivity contribution >= 4 is 0 Å². The first-order valence-corrected chi connectivity index (χ1v) is 6.64. The Morgan fingerprint density at radius 3 is 2.87 bits per heavy atom. The molecule has 2 heteroatoms. The highest BCUT2D eigenvalue weighted by molar-refractivity contribution is 4.70. The second-order valence-electron chi connectivity index (χ2n) is 5.38. The van der Waals surface area contributed by atoms with E-state index in [-0.39, 0.29) is 0 Å². The van der Waals surface area contributed by atoms with Gasteiger partial charge >= 0.3 is 0 Å². The van der Waals surface area contributed by atoms with Crippen LogP contribution in [-0.2, 0) is 0 Å². The van der Waals surface area contributed by atoms with E-state index in [1.807, 2.05) is 0 Å². The summed E-state index contributed by atoms with van der Waals surface area (Å²) in [5, 5.41) is 3.55. The zero-order valence-corrected chi connectivity index (χ0v) is 10.8. The maximum absolute atomic E-state index is 3.55. The highest BCUT2D eigenvalue weighted by Gasteiger charge is 2.11. The molecule has 15 heavy (non-hydrogen) atoms. The van der Waals surface area contributed by atoms with E-state index in [0.717, 1.165) is 5.92 Å². The van der Waals surface area contributed by atoms with Crippen molar-refractivity contribution in [3.63, 3.8) is 0 Å². The molecule has 0 amide bonds. The Morgan fingerprint density at radius 1 is 1.33 bits per heavy atom. The van der Waals surface area contributed by atoms with Crippen LogP contribution >= 0.6 is 0 Å². The molecule has 1 unspecified atom stereocenters. The third kappa shape index (κ3) is 6.16. The van der Waals surface area contributed by atoms with Gasteiger partial charge in [0.15, 0.2) is 0 Å². The molecule has 0 aliphatic carbocycles. The van der Waals surface area contributed by atoms with Gasteiger partial charge < -0.3 is 10.2 Å². The standard InChI is InChI=1S/C13H28N2/c1-12(2)6-4-9-15-10-5-8-14-13(3)7-11-15/h12-14H,4-11H2,1-3H3. The summed E-state index contributed by atoms with van der Waals surface area (Å²) in [6, 6.07) is 0.706. The van der Waals surface area contributed by atoms with Crippen LogP contribution < -0.4 is 5.32 Å². The maximum atomic E-state index is 3.55. The molecule has 0 bridgehead atoms. The summed E-state index contributed by atoms with van der Waals surface area (Å²) < 4.78 is 0. The second-order valence-corrected chi connectivity index (χ2v) is 5.38. The molecule has 0 saturated carbocycles. The van der Waals surface area contributed by atoms with E-state index in [2.05, 4.69) is 31.0 Å². The molecule has 0 aromatic carbocycles. The first-order chi connectivity index (χ1) is 7.18. The Kier molecular flexibility index (Phi) is 6.26. The van der Waals surface area contributed by atoms with Gasteiger partial charge in [0.2, 0.25) is 0 Å². The van der Waals surface area contributed by atoms with Crippen LogP contribution in [0.4, 0.5) is 0 Å². The lowest BCUT2D eigenvalue weighted by atomic mass is 10.1. The topological polar surface area (TPSA) is 15.3 Å². The van der Waals surface area contributed by atoms with Gasteiger partial charge in [-0.3, -0.25) is 0 Å². The Bertz CT molecular complexity index is 157. The van der Waals surface area contributed by atoms with E-state index >= 15 is 0 Å². The van der Waals surface area contributed by atoms with Crippen molar-refractivity contribution in [3.8, 4) is 0 Å². The SMILES string of the molecule is CC(C)CCCN1CCCNC(C)CC1. The lowest BCUT2D eigenvalue weighted by Crippen LogP contribution is -2.38. The summed E-state index contributed by atoms with van der Waals surface area (Å²) in [5.74, 6) is 0.861. The quantitative estimate of drug-likeness (QED) is 0.770. The minimum atomic E-state index is 0.706. The van der Waals surface area contributed by atoms with Crippen molar-refractivity contribution in [3.05, 3.63) is 0 Å². The smallest absolute Gasteiger partial charge is 0.00509 e. The molecule has 2 nitrogen and oxygen atoms in total. The molecule has 1 atom stereocenters. The highest BCUT2D eigenvalue weighted by atomic mass is 15.1. The maximum Gasteiger partial charge on any atom is 0.00509 e. The fourth-order valence-electron chi connectivity index (χ4n) is 2.19. The van der Waals surface area contributed by atoms with E-state index in [1.165, 1.54) is 51.9 Å². The summed E-state index contributed by atoms with van der Waals surface area (Å²) in [6.07, 6.45) is 5.37. The van der Waals surface area contributed by atoms with Crippen LogP contribution in [0.5, 0.6) is 0 Å². The van der Waals surface area contributed by atoms with E-state index in [1.54, 1.807) is 0 Å². The molecule has 0 spiro atoms. The molecular formula is C13H28N2. The Labute approximate surface area is 95.4 Å². The first-order valence-electron chi connectivity index (χ1n) is 6.64. The lowest BCUT2D eigenvalue weighted by molar-refractivity contribution is 0.230. The van der Waals surface area contributed by atoms with Gasteiger partial charge in [-0.2, -0.15) is 0 Å². The van der Waals surface area contributed by atoms with Crippen LogP contribution in [0.3, 0.4) is 0 Å². The van der Waals surface area contributed by atoms with Crippen molar-refractivity contribution in [1.82, 2.24) is 10.2 Å². The van der Waals surface area contributed by atoms with Crippen LogP contribution in [-0.4, -0.2) is 37.1 Å². The molecule has 0 aromatic rings. The lowest BCUT2D eigenvalue weighted by Gasteiger charge is -2.27. The minimum absolute atomic E-state index is 0.706. The van der Waals surface area contributed by atoms with E-state index in [9.17, 15) is 0 Å². The molecule has 1 rings (SSSR count). The molecule has 1 heterocycles. The first kappa shape index (κ1) is 13.0. The molecule has 0 radical (unpaired) electrons. The molecule has 0 aromatic heterocycles. The number of hydrogen-bond acceptors (Lipinski definition) is 2. The highest BCUT2D eigenvalue weighted by Crippen LogP contribution is 2.07. The summed E-state index contributed by atoms with van der Waals surface area (Å²) in [7, 11) is 0. The van der Waals surface area contributed by atoms with Gasteiger partial charge in [-0.05, 0) is 64.7 Å². The van der Waals surface area contributed by atoms with Crippen molar-refractivity contribution in [2.24, 2.45) is 5.92 Å². The third-order valence-electron chi connectivity index (χ3n) is 3.28. The predicted molar refractivity (Wildman–Crippen MR) is 67.2 cm³/mol. The summed E-state index contributed by atoms with van der Waals surface area (Å²) in [4.78, 5) is 2.65. The number of nitrogens with zero attached hydrogens (tertiary/aromatic N) is 1. The molecule has 90 valence electrons. The van der Waals surface area contributed by atoms with Gasteiger partial charge in [0, 0.05) is 6.04 Å². The summed E-state index contributed by atoms with van der Waals surface area (Å²) in [5.41, 5.74) is 0. The Hall–Kier alpha value is -0.0800. The van der Waals surface area contributed by atoms with E-state index < -0.39 is 0 Å². The molecular weight excluding hydrogens is 184 g/mol. The normalized spacial score (nSPS) is 25.2. The van der Waals surface area contributed by atoms with Gasteiger partial charge in [-0.1, -0.05) is 13.8 Å². The molecule has 1 aliphatic heterocycles. The number of hydrogen-bond donors (Lipinski definition) is 1. The predicted octanol–water partition coefficient (Wildman–Crippen LogP) is 2.50. The molecule has 1 saturated heterocycles. The van der Waals surface area contributed by atoms with Gasteiger partial charge in [0.05, 0.1) is 0 Å². The molecule has 1 fully saturated rings. The zero-order valence-electron chi connectivity index (χ0n) is 10.8. The Balaban J connectivity index is 2.15. The fourth-order valence-corrected chi connectivity index (χ4v) is 2.19. The largest absolute Gasteiger partial charge is 0.314 e. The number of rotatable bonds is 4. The summed E-state index contributed by atoms with van der Waals surface area (Å²) in [6.45, 7) is 12.0. The van der Waals surface area contributed by atoms with Crippen molar-refractivity contribution in [1.29, 1.82) is 0 Å². The number of nitrogens with one attached hydrogen (secondary N) is 1. The Morgan fingerprint density at radius 2 is 2.13 bits per heavy atom. The van der Waals surface area contributed by atoms with Crippen LogP contribution in [0, 0.1) is 5.92 Å². The van der Waals surface area contributed by atoms with Gasteiger partial charge in [0.1, 0.15) is 0 Å². The van der Waals surface area contributed by atoms with Gasteiger partial charge in [0.25, 0.3) is 0 Å². The zero-order chi connectivity index (χ0) is 11.1. The summed E-state index contributed by atoms with van der Waals surface area (Å²) >= 11 is 0. The van der Waals surface area contributed by atoms with Gasteiger partial charge in [-0.15, -0.1) is 0 Å². The average Bonchev–Trinajstić information content (AvgIpc) is 2.15. The van der Waals surface area contributed by atoms with E-state index in [4.69, 9.17) is 0 Å².